The molecule has 3 heterocycles. The average molecular weight is 525 g/mol. The highest BCUT2D eigenvalue weighted by atomic mass is 32.1. The number of rotatable bonds is 10. The number of hydrogen-bond donors (Lipinski definition) is 1. The molecule has 1 aliphatic heterocycles. The Hall–Kier alpha value is -3.52. The lowest BCUT2D eigenvalue weighted by molar-refractivity contribution is -0.274. The molecule has 0 aliphatic carbocycles. The second-order valence-electron chi connectivity index (χ2n) is 7.91. The second-order valence-corrected chi connectivity index (χ2v) is 8.97. The van der Waals surface area contributed by atoms with Gasteiger partial charge in [0.1, 0.15) is 22.6 Å². The van der Waals surface area contributed by atoms with E-state index < -0.39 is 24.0 Å². The van der Waals surface area contributed by atoms with Gasteiger partial charge in [-0.3, -0.25) is 4.79 Å². The molecule has 0 unspecified atom stereocenters. The number of carbonyl (C=O) groups excluding carboxylic acids is 1. The number of hydrogen-bond acceptors (Lipinski definition) is 11. The van der Waals surface area contributed by atoms with Gasteiger partial charge >= 0.3 is 6.36 Å². The molecule has 2 aromatic heterocycles. The Balaban J connectivity index is 1.39. The highest BCUT2D eigenvalue weighted by molar-refractivity contribution is 7.15. The van der Waals surface area contributed by atoms with Crippen LogP contribution in [0.5, 0.6) is 11.5 Å². The fourth-order valence-corrected chi connectivity index (χ4v) is 4.68. The van der Waals surface area contributed by atoms with Gasteiger partial charge in [-0.05, 0) is 36.2 Å². The Labute approximate surface area is 208 Å². The van der Waals surface area contributed by atoms with Crippen molar-refractivity contribution in [1.29, 1.82) is 0 Å². The highest BCUT2D eigenvalue weighted by Crippen LogP contribution is 2.32. The summed E-state index contributed by atoms with van der Waals surface area (Å²) < 4.78 is 52.5. The molecular formula is C22H23F3N6O4S. The molecule has 0 saturated carbocycles. The molecule has 1 saturated heterocycles. The minimum Gasteiger partial charge on any atom is -0.497 e. The smallest absolute Gasteiger partial charge is 0.497 e. The number of Topliss-reactive ketones (excluding diaryl/α,β-unsaturated/α-hetero) is 1. The van der Waals surface area contributed by atoms with Crippen LogP contribution >= 0.6 is 11.3 Å². The van der Waals surface area contributed by atoms with E-state index in [1.807, 2.05) is 12.1 Å². The maximum absolute atomic E-state index is 13.0. The van der Waals surface area contributed by atoms with Crippen LogP contribution in [0.15, 0.2) is 36.5 Å². The third-order valence-electron chi connectivity index (χ3n) is 5.39. The van der Waals surface area contributed by atoms with Crippen molar-refractivity contribution >= 4 is 28.1 Å². The van der Waals surface area contributed by atoms with Crippen LogP contribution in [0, 0.1) is 0 Å². The summed E-state index contributed by atoms with van der Waals surface area (Å²) in [5.74, 6) is -0.0179. The summed E-state index contributed by atoms with van der Waals surface area (Å²) in [6.45, 7) is 1.53. The van der Waals surface area contributed by atoms with E-state index in [0.29, 0.717) is 10.1 Å². The summed E-state index contributed by atoms with van der Waals surface area (Å²) in [7, 11) is 2.59. The Kier molecular flexibility index (Phi) is 7.84. The van der Waals surface area contributed by atoms with Gasteiger partial charge in [0.15, 0.2) is 11.6 Å². The third-order valence-corrected chi connectivity index (χ3v) is 6.25. The fourth-order valence-electron chi connectivity index (χ4n) is 3.86. The maximum atomic E-state index is 13.0. The summed E-state index contributed by atoms with van der Waals surface area (Å²) in [5.41, 5.74) is 0.166. The van der Waals surface area contributed by atoms with Crippen LogP contribution in [-0.4, -0.2) is 65.9 Å². The van der Waals surface area contributed by atoms with Crippen LogP contribution in [0.1, 0.15) is 23.1 Å². The zero-order valence-electron chi connectivity index (χ0n) is 19.4. The summed E-state index contributed by atoms with van der Waals surface area (Å²) in [6, 6.07) is 7.45. The topological polar surface area (TPSA) is 112 Å². The summed E-state index contributed by atoms with van der Waals surface area (Å²) >= 11 is 1.23. The summed E-state index contributed by atoms with van der Waals surface area (Å²) in [4.78, 5) is 15.1. The van der Waals surface area contributed by atoms with E-state index in [4.69, 9.17) is 9.47 Å². The predicted molar refractivity (Wildman–Crippen MR) is 124 cm³/mol. The molecule has 1 N–H and O–H groups in total. The van der Waals surface area contributed by atoms with Gasteiger partial charge in [0, 0.05) is 38.5 Å². The second kappa shape index (κ2) is 11.0. The van der Waals surface area contributed by atoms with Gasteiger partial charge in [0.05, 0.1) is 13.5 Å². The molecule has 192 valence electrons. The summed E-state index contributed by atoms with van der Waals surface area (Å²) in [5, 5.41) is 20.6. The molecule has 36 heavy (non-hydrogen) atoms. The minimum atomic E-state index is -4.89. The van der Waals surface area contributed by atoms with E-state index in [1.54, 1.807) is 6.20 Å². The summed E-state index contributed by atoms with van der Waals surface area (Å²) in [6.07, 6.45) is -3.66. The Morgan fingerprint density at radius 1 is 1.22 bits per heavy atom. The zero-order valence-corrected chi connectivity index (χ0v) is 20.2. The molecule has 0 radical (unpaired) electrons. The van der Waals surface area contributed by atoms with Crippen molar-refractivity contribution in [3.8, 4) is 11.5 Å². The van der Waals surface area contributed by atoms with Crippen molar-refractivity contribution in [3.05, 3.63) is 47.1 Å². The molecule has 1 aromatic carbocycles. The van der Waals surface area contributed by atoms with E-state index in [0.717, 1.165) is 37.5 Å². The lowest BCUT2D eigenvalue weighted by Gasteiger charge is -2.17. The first-order valence-electron chi connectivity index (χ1n) is 10.9. The Morgan fingerprint density at radius 2 is 2.03 bits per heavy atom. The van der Waals surface area contributed by atoms with Crippen molar-refractivity contribution in [1.82, 2.24) is 20.4 Å². The predicted octanol–water partition coefficient (Wildman–Crippen LogP) is 3.43. The lowest BCUT2D eigenvalue weighted by Crippen LogP contribution is -2.26. The number of ketones is 1. The molecule has 1 aliphatic rings. The quantitative estimate of drug-likeness (QED) is 0.423. The molecule has 14 heteroatoms. The fraction of sp³-hybridized carbons (Fsp3) is 0.409. The molecule has 0 amide bonds. The largest absolute Gasteiger partial charge is 0.573 e. The lowest BCUT2D eigenvalue weighted by atomic mass is 10.0. The van der Waals surface area contributed by atoms with Crippen LogP contribution in [0.3, 0.4) is 0 Å². The molecule has 4 rings (SSSR count). The van der Waals surface area contributed by atoms with E-state index in [1.165, 1.54) is 31.6 Å². The number of benzene rings is 1. The van der Waals surface area contributed by atoms with Gasteiger partial charge < -0.3 is 24.4 Å². The van der Waals surface area contributed by atoms with Crippen LogP contribution < -0.4 is 19.7 Å². The zero-order chi connectivity index (χ0) is 25.7. The van der Waals surface area contributed by atoms with E-state index in [-0.39, 0.29) is 23.8 Å². The number of nitrogens with zero attached hydrogens (tertiary/aromatic N) is 5. The van der Waals surface area contributed by atoms with Crippen LogP contribution in [0.2, 0.25) is 0 Å². The number of nitrogens with one attached hydrogen (secondary N) is 1. The molecule has 10 nitrogen and oxygen atoms in total. The first-order valence-corrected chi connectivity index (χ1v) is 11.7. The molecule has 2 atom stereocenters. The van der Waals surface area contributed by atoms with Gasteiger partial charge in [-0.1, -0.05) is 11.3 Å². The molecule has 0 spiro atoms. The first kappa shape index (κ1) is 25.6. The third kappa shape index (κ3) is 6.57. The van der Waals surface area contributed by atoms with E-state index in [2.05, 4.69) is 35.3 Å². The molecule has 1 fully saturated rings. The maximum Gasteiger partial charge on any atom is 0.573 e. The van der Waals surface area contributed by atoms with Crippen molar-refractivity contribution in [3.63, 3.8) is 0 Å². The van der Waals surface area contributed by atoms with Crippen molar-refractivity contribution < 1.29 is 32.2 Å². The number of carbonyl (C=O) groups is 1. The average Bonchev–Trinajstić information content (AvgIpc) is 3.48. The van der Waals surface area contributed by atoms with Crippen molar-refractivity contribution in [2.45, 2.75) is 31.3 Å². The number of methoxy groups -OCH3 is 2. The Bertz CT molecular complexity index is 1180. The van der Waals surface area contributed by atoms with Crippen LogP contribution in [0.25, 0.3) is 0 Å². The number of alkyl halides is 3. The highest BCUT2D eigenvalue weighted by Gasteiger charge is 2.32. The van der Waals surface area contributed by atoms with Crippen LogP contribution in [0.4, 0.5) is 24.1 Å². The minimum absolute atomic E-state index is 0.0936. The van der Waals surface area contributed by atoms with Crippen molar-refractivity contribution in [2.75, 3.05) is 37.5 Å². The van der Waals surface area contributed by atoms with Crippen molar-refractivity contribution in [2.24, 2.45) is 0 Å². The van der Waals surface area contributed by atoms with E-state index in [9.17, 15) is 18.0 Å². The monoisotopic (exact) mass is 524 g/mol. The number of aromatic nitrogens is 4. The SMILES string of the molecule is COc1cc(OC(F)(F)F)cc([C@H](OC)C(=O)Cc2nnc(N[C@@H]3CCN(c4cccnn4)C3)s2)c1. The standard InChI is InChI=1S/C22H23F3N6O4S/c1-33-15-8-13(9-16(10-15)35-22(23,24)25)20(34-2)17(32)11-19-29-30-21(36-19)27-14-5-7-31(12-14)18-4-3-6-26-28-18/h3-4,6,8-10,14,20H,5,7,11-12H2,1-2H3,(H,27,30)/t14-,20+/m1/s1. The van der Waals surface area contributed by atoms with Gasteiger partial charge in [-0.2, -0.15) is 5.10 Å². The molecule has 3 aromatic rings. The molecule has 0 bridgehead atoms. The van der Waals surface area contributed by atoms with Gasteiger partial charge in [-0.15, -0.1) is 28.5 Å². The molecular weight excluding hydrogens is 501 g/mol. The van der Waals surface area contributed by atoms with E-state index >= 15 is 0 Å². The first-order chi connectivity index (χ1) is 17.2. The number of halogens is 3. The van der Waals surface area contributed by atoms with Crippen LogP contribution in [-0.2, 0) is 16.0 Å². The Morgan fingerprint density at radius 3 is 2.72 bits per heavy atom. The normalized spacial score (nSPS) is 16.6. The van der Waals surface area contributed by atoms with Gasteiger partial charge in [-0.25, -0.2) is 0 Å². The van der Waals surface area contributed by atoms with Gasteiger partial charge in [0.2, 0.25) is 5.13 Å². The number of ether oxygens (including phenoxy) is 3. The number of anilines is 2. The van der Waals surface area contributed by atoms with Gasteiger partial charge in [0.25, 0.3) is 0 Å².